The molecule has 0 atom stereocenters. The lowest BCUT2D eigenvalue weighted by Gasteiger charge is -2.49. The van der Waals surface area contributed by atoms with Crippen molar-refractivity contribution in [1.29, 1.82) is 0 Å². The lowest BCUT2D eigenvalue weighted by atomic mass is 9.74. The van der Waals surface area contributed by atoms with Crippen LogP contribution < -0.4 is 0 Å². The van der Waals surface area contributed by atoms with E-state index in [1.165, 1.54) is 75.6 Å². The van der Waals surface area contributed by atoms with E-state index >= 15 is 0 Å². The third-order valence-corrected chi connectivity index (χ3v) is 5.53. The molecule has 0 unspecified atom stereocenters. The zero-order chi connectivity index (χ0) is 14.5. The highest BCUT2D eigenvalue weighted by Crippen LogP contribution is 2.43. The van der Waals surface area contributed by atoms with Crippen molar-refractivity contribution < 1.29 is 5.11 Å². The molecule has 1 N–H and O–H groups in total. The summed E-state index contributed by atoms with van der Waals surface area (Å²) in [7, 11) is 0. The number of aliphatic hydroxyl groups excluding tert-OH is 1. The molecule has 1 heterocycles. The Kier molecular flexibility index (Phi) is 4.97. The maximum Gasteiger partial charge on any atom is 0.0471 e. The normalized spacial score (nSPS) is 23.1. The number of nitrogens with zero attached hydrogens (tertiary/aromatic N) is 1. The van der Waals surface area contributed by atoms with Crippen molar-refractivity contribution in [1.82, 2.24) is 4.90 Å². The van der Waals surface area contributed by atoms with Crippen LogP contribution >= 0.6 is 0 Å². The summed E-state index contributed by atoms with van der Waals surface area (Å²) in [6.07, 6.45) is 11.7. The van der Waals surface area contributed by atoms with E-state index in [1.54, 1.807) is 0 Å². The van der Waals surface area contributed by atoms with Crippen LogP contribution in [0.4, 0.5) is 0 Å². The maximum atomic E-state index is 9.08. The second-order valence-electron chi connectivity index (χ2n) is 6.81. The highest BCUT2D eigenvalue weighted by molar-refractivity contribution is 5.30. The molecule has 3 rings (SSSR count). The van der Waals surface area contributed by atoms with Crippen LogP contribution in [0.1, 0.15) is 62.5 Å². The Labute approximate surface area is 129 Å². The van der Waals surface area contributed by atoms with Crippen LogP contribution in [-0.4, -0.2) is 29.7 Å². The second-order valence-corrected chi connectivity index (χ2v) is 6.81. The highest BCUT2D eigenvalue weighted by atomic mass is 16.2. The topological polar surface area (TPSA) is 23.5 Å². The summed E-state index contributed by atoms with van der Waals surface area (Å²) in [6.45, 7) is 2.80. The Bertz CT molecular complexity index is 427. The van der Waals surface area contributed by atoms with Crippen LogP contribution in [0.5, 0.6) is 0 Å². The maximum absolute atomic E-state index is 9.08. The average molecular weight is 287 g/mol. The fraction of sp³-hybridized carbons (Fsp3) is 0.684. The van der Waals surface area contributed by atoms with Gasteiger partial charge in [-0.15, -0.1) is 0 Å². The van der Waals surface area contributed by atoms with Gasteiger partial charge in [0.05, 0.1) is 0 Å². The molecule has 0 amide bonds. The molecular weight excluding hydrogens is 258 g/mol. The van der Waals surface area contributed by atoms with Gasteiger partial charge in [-0.2, -0.15) is 0 Å². The third kappa shape index (κ3) is 3.17. The highest BCUT2D eigenvalue weighted by Gasteiger charge is 2.39. The predicted molar refractivity (Wildman–Crippen MR) is 87.4 cm³/mol. The number of benzene rings is 1. The summed E-state index contributed by atoms with van der Waals surface area (Å²) in [6, 6.07) is 9.13. The van der Waals surface area contributed by atoms with Crippen LogP contribution in [0.15, 0.2) is 24.3 Å². The lowest BCUT2D eigenvalue weighted by molar-refractivity contribution is 0.0303. The van der Waals surface area contributed by atoms with E-state index in [9.17, 15) is 0 Å². The van der Waals surface area contributed by atoms with E-state index in [4.69, 9.17) is 5.11 Å². The molecule has 2 nitrogen and oxygen atoms in total. The molecule has 1 aromatic rings. The summed E-state index contributed by atoms with van der Waals surface area (Å²) in [5, 5.41) is 9.08. The largest absolute Gasteiger partial charge is 0.396 e. The summed E-state index contributed by atoms with van der Waals surface area (Å²) in [5.74, 6) is 0. The molecule has 1 aliphatic heterocycles. The second kappa shape index (κ2) is 6.93. The molecule has 1 aliphatic carbocycles. The standard InChI is InChI=1S/C19H29NO/c21-16-11-17-7-9-18(10-8-17)19(12-3-1-4-13-19)20-14-5-2-6-15-20/h7-10,21H,1-6,11-16H2. The van der Waals surface area contributed by atoms with Crippen molar-refractivity contribution in [3.63, 3.8) is 0 Å². The van der Waals surface area contributed by atoms with Gasteiger partial charge in [-0.25, -0.2) is 0 Å². The van der Waals surface area contributed by atoms with Gasteiger partial charge in [0.15, 0.2) is 0 Å². The molecule has 0 aromatic heterocycles. The summed E-state index contributed by atoms with van der Waals surface area (Å²) >= 11 is 0. The molecule has 2 heteroatoms. The number of hydrogen-bond acceptors (Lipinski definition) is 2. The molecule has 21 heavy (non-hydrogen) atoms. The van der Waals surface area contributed by atoms with Gasteiger partial charge < -0.3 is 5.11 Å². The minimum Gasteiger partial charge on any atom is -0.396 e. The van der Waals surface area contributed by atoms with Gasteiger partial charge >= 0.3 is 0 Å². The van der Waals surface area contributed by atoms with Gasteiger partial charge in [0, 0.05) is 12.1 Å². The van der Waals surface area contributed by atoms with Crippen molar-refractivity contribution in [2.24, 2.45) is 0 Å². The number of aliphatic hydroxyl groups is 1. The molecule has 116 valence electrons. The Hall–Kier alpha value is -0.860. The Morgan fingerprint density at radius 3 is 2.10 bits per heavy atom. The van der Waals surface area contributed by atoms with E-state index in [0.29, 0.717) is 5.54 Å². The van der Waals surface area contributed by atoms with Crippen molar-refractivity contribution in [3.05, 3.63) is 35.4 Å². The van der Waals surface area contributed by atoms with Crippen LogP contribution in [0.3, 0.4) is 0 Å². The fourth-order valence-corrected chi connectivity index (χ4v) is 4.36. The number of hydrogen-bond donors (Lipinski definition) is 1. The van der Waals surface area contributed by atoms with E-state index in [0.717, 1.165) is 6.42 Å². The quantitative estimate of drug-likeness (QED) is 0.909. The number of piperidine rings is 1. The molecule has 0 radical (unpaired) electrons. The molecule has 1 aromatic carbocycles. The van der Waals surface area contributed by atoms with Crippen LogP contribution in [0.2, 0.25) is 0 Å². The van der Waals surface area contributed by atoms with E-state index in [1.807, 2.05) is 0 Å². The number of rotatable bonds is 4. The monoisotopic (exact) mass is 287 g/mol. The van der Waals surface area contributed by atoms with Gasteiger partial charge in [-0.05, 0) is 56.3 Å². The summed E-state index contributed by atoms with van der Waals surface area (Å²) in [4.78, 5) is 2.79. The van der Waals surface area contributed by atoms with Crippen LogP contribution in [0, 0.1) is 0 Å². The molecule has 1 saturated carbocycles. The van der Waals surface area contributed by atoms with Gasteiger partial charge in [0.2, 0.25) is 0 Å². The molecule has 0 spiro atoms. The zero-order valence-electron chi connectivity index (χ0n) is 13.2. The van der Waals surface area contributed by atoms with Gasteiger partial charge in [-0.1, -0.05) is 49.9 Å². The first-order chi connectivity index (χ1) is 10.3. The van der Waals surface area contributed by atoms with Crippen molar-refractivity contribution in [3.8, 4) is 0 Å². The fourth-order valence-electron chi connectivity index (χ4n) is 4.36. The average Bonchev–Trinajstić information content (AvgIpc) is 2.57. The SMILES string of the molecule is OCCc1ccc(C2(N3CCCCC3)CCCCC2)cc1. The Balaban J connectivity index is 1.86. The number of likely N-dealkylation sites (tertiary alicyclic amines) is 1. The van der Waals surface area contributed by atoms with Crippen LogP contribution in [-0.2, 0) is 12.0 Å². The summed E-state index contributed by atoms with van der Waals surface area (Å²) < 4.78 is 0. The summed E-state index contributed by atoms with van der Waals surface area (Å²) in [5.41, 5.74) is 3.08. The molecular formula is C19H29NO. The van der Waals surface area contributed by atoms with Crippen LogP contribution in [0.25, 0.3) is 0 Å². The van der Waals surface area contributed by atoms with E-state index in [2.05, 4.69) is 29.2 Å². The first kappa shape index (κ1) is 15.1. The lowest BCUT2D eigenvalue weighted by Crippen LogP contribution is -2.49. The molecule has 1 saturated heterocycles. The Morgan fingerprint density at radius 1 is 0.857 bits per heavy atom. The van der Waals surface area contributed by atoms with Crippen molar-refractivity contribution in [2.45, 2.75) is 63.3 Å². The van der Waals surface area contributed by atoms with Gasteiger partial charge in [0.1, 0.15) is 0 Å². The van der Waals surface area contributed by atoms with Gasteiger partial charge in [0.25, 0.3) is 0 Å². The zero-order valence-corrected chi connectivity index (χ0v) is 13.2. The predicted octanol–water partition coefficient (Wildman–Crippen LogP) is 3.87. The van der Waals surface area contributed by atoms with Crippen molar-refractivity contribution >= 4 is 0 Å². The minimum absolute atomic E-state index is 0.247. The smallest absolute Gasteiger partial charge is 0.0471 e. The first-order valence-electron chi connectivity index (χ1n) is 8.80. The molecule has 2 aliphatic rings. The minimum atomic E-state index is 0.247. The van der Waals surface area contributed by atoms with E-state index < -0.39 is 0 Å². The first-order valence-corrected chi connectivity index (χ1v) is 8.80. The molecule has 2 fully saturated rings. The van der Waals surface area contributed by atoms with E-state index in [-0.39, 0.29) is 6.61 Å². The molecule has 0 bridgehead atoms. The van der Waals surface area contributed by atoms with Gasteiger partial charge in [-0.3, -0.25) is 4.90 Å². The van der Waals surface area contributed by atoms with Crippen molar-refractivity contribution in [2.75, 3.05) is 19.7 Å². The Morgan fingerprint density at radius 2 is 1.48 bits per heavy atom. The third-order valence-electron chi connectivity index (χ3n) is 5.53.